The fourth-order valence-electron chi connectivity index (χ4n) is 2.12. The highest BCUT2D eigenvalue weighted by atomic mass is 14.6. The molecule has 2 N–H and O–H groups in total. The molecular formula is C14H23N. The minimum Gasteiger partial charge on any atom is -0.330 e. The van der Waals surface area contributed by atoms with Crippen molar-refractivity contribution >= 4 is 0 Å². The van der Waals surface area contributed by atoms with Crippen molar-refractivity contribution in [1.82, 2.24) is 0 Å². The van der Waals surface area contributed by atoms with Gasteiger partial charge >= 0.3 is 0 Å². The van der Waals surface area contributed by atoms with Crippen molar-refractivity contribution in [3.05, 3.63) is 35.4 Å². The first-order chi connectivity index (χ1) is 7.15. The van der Waals surface area contributed by atoms with Gasteiger partial charge in [-0.25, -0.2) is 0 Å². The average Bonchev–Trinajstić information content (AvgIpc) is 2.26. The van der Waals surface area contributed by atoms with Gasteiger partial charge in [-0.15, -0.1) is 0 Å². The molecule has 0 saturated carbocycles. The minimum absolute atomic E-state index is 0.299. The molecule has 0 heterocycles. The molecule has 0 aromatic heterocycles. The van der Waals surface area contributed by atoms with Crippen LogP contribution in [-0.4, -0.2) is 6.54 Å². The monoisotopic (exact) mass is 205 g/mol. The quantitative estimate of drug-likeness (QED) is 0.784. The summed E-state index contributed by atoms with van der Waals surface area (Å²) in [5.74, 6) is 0. The minimum atomic E-state index is 0.299. The molecule has 0 spiro atoms. The summed E-state index contributed by atoms with van der Waals surface area (Å²) in [6.45, 7) is 7.41. The van der Waals surface area contributed by atoms with Gasteiger partial charge in [0.1, 0.15) is 0 Å². The second-order valence-electron chi connectivity index (χ2n) is 4.58. The smallest absolute Gasteiger partial charge is 0.00175 e. The van der Waals surface area contributed by atoms with Crippen molar-refractivity contribution < 1.29 is 0 Å². The Labute approximate surface area is 93.7 Å². The van der Waals surface area contributed by atoms with Gasteiger partial charge in [-0.1, -0.05) is 43.7 Å². The van der Waals surface area contributed by atoms with Gasteiger partial charge < -0.3 is 5.73 Å². The third-order valence-corrected chi connectivity index (χ3v) is 3.59. The van der Waals surface area contributed by atoms with Crippen LogP contribution >= 0.6 is 0 Å². The molecule has 0 fully saturated rings. The Hall–Kier alpha value is -0.820. The predicted octanol–water partition coefficient (Wildman–Crippen LogP) is 3.30. The molecule has 0 saturated heterocycles. The summed E-state index contributed by atoms with van der Waals surface area (Å²) in [6, 6.07) is 8.77. The standard InChI is InChI=1S/C14H23N/c1-4-14(5-2,11-15)10-13-8-6-7-12(3)9-13/h6-9H,4-5,10-11,15H2,1-3H3. The van der Waals surface area contributed by atoms with E-state index in [4.69, 9.17) is 5.73 Å². The molecule has 1 nitrogen and oxygen atoms in total. The van der Waals surface area contributed by atoms with Gasteiger partial charge in [0.25, 0.3) is 0 Å². The zero-order chi connectivity index (χ0) is 11.3. The number of hydrogen-bond donors (Lipinski definition) is 1. The Morgan fingerprint density at radius 1 is 1.20 bits per heavy atom. The Morgan fingerprint density at radius 3 is 2.33 bits per heavy atom. The van der Waals surface area contributed by atoms with E-state index in [1.807, 2.05) is 0 Å². The molecule has 0 unspecified atom stereocenters. The van der Waals surface area contributed by atoms with E-state index in [9.17, 15) is 0 Å². The third-order valence-electron chi connectivity index (χ3n) is 3.59. The van der Waals surface area contributed by atoms with Gasteiger partial charge in [0.05, 0.1) is 0 Å². The zero-order valence-electron chi connectivity index (χ0n) is 10.2. The first kappa shape index (κ1) is 12.3. The normalized spacial score (nSPS) is 11.7. The summed E-state index contributed by atoms with van der Waals surface area (Å²) in [4.78, 5) is 0. The Kier molecular flexibility index (Phi) is 4.34. The molecule has 0 radical (unpaired) electrons. The molecule has 1 rings (SSSR count). The molecule has 1 aromatic carbocycles. The van der Waals surface area contributed by atoms with E-state index in [1.54, 1.807) is 0 Å². The predicted molar refractivity (Wildman–Crippen MR) is 67.0 cm³/mol. The fraction of sp³-hybridized carbons (Fsp3) is 0.571. The Morgan fingerprint density at radius 2 is 1.87 bits per heavy atom. The summed E-state index contributed by atoms with van der Waals surface area (Å²) < 4.78 is 0. The number of rotatable bonds is 5. The summed E-state index contributed by atoms with van der Waals surface area (Å²) in [7, 11) is 0. The first-order valence-electron chi connectivity index (χ1n) is 5.91. The molecule has 15 heavy (non-hydrogen) atoms. The molecule has 0 aliphatic heterocycles. The average molecular weight is 205 g/mol. The summed E-state index contributed by atoms with van der Waals surface area (Å²) in [5, 5.41) is 0. The molecule has 0 aliphatic carbocycles. The van der Waals surface area contributed by atoms with E-state index >= 15 is 0 Å². The van der Waals surface area contributed by atoms with Gasteiger partial charge in [0.15, 0.2) is 0 Å². The molecule has 1 aromatic rings. The summed E-state index contributed by atoms with van der Waals surface area (Å²) in [6.07, 6.45) is 3.43. The molecule has 0 bridgehead atoms. The zero-order valence-corrected chi connectivity index (χ0v) is 10.2. The van der Waals surface area contributed by atoms with Gasteiger partial charge in [-0.2, -0.15) is 0 Å². The van der Waals surface area contributed by atoms with Crippen molar-refractivity contribution in [2.24, 2.45) is 11.1 Å². The lowest BCUT2D eigenvalue weighted by Crippen LogP contribution is -2.31. The number of hydrogen-bond acceptors (Lipinski definition) is 1. The lowest BCUT2D eigenvalue weighted by Gasteiger charge is -2.30. The van der Waals surface area contributed by atoms with Crippen LogP contribution in [0.5, 0.6) is 0 Å². The maximum Gasteiger partial charge on any atom is -0.00175 e. The number of nitrogens with two attached hydrogens (primary N) is 1. The van der Waals surface area contributed by atoms with Gasteiger partial charge in [0, 0.05) is 0 Å². The highest BCUT2D eigenvalue weighted by Gasteiger charge is 2.24. The largest absolute Gasteiger partial charge is 0.330 e. The van der Waals surface area contributed by atoms with Crippen LogP contribution in [0.4, 0.5) is 0 Å². The Balaban J connectivity index is 2.82. The lowest BCUT2D eigenvalue weighted by molar-refractivity contribution is 0.271. The Bertz CT molecular complexity index is 292. The highest BCUT2D eigenvalue weighted by Crippen LogP contribution is 2.29. The van der Waals surface area contributed by atoms with E-state index in [2.05, 4.69) is 45.0 Å². The fourth-order valence-corrected chi connectivity index (χ4v) is 2.12. The van der Waals surface area contributed by atoms with E-state index < -0.39 is 0 Å². The van der Waals surface area contributed by atoms with Crippen molar-refractivity contribution in [2.75, 3.05) is 6.54 Å². The van der Waals surface area contributed by atoms with Crippen LogP contribution in [0.25, 0.3) is 0 Å². The van der Waals surface area contributed by atoms with Crippen LogP contribution in [0.2, 0.25) is 0 Å². The topological polar surface area (TPSA) is 26.0 Å². The molecule has 1 heteroatoms. The van der Waals surface area contributed by atoms with Crippen molar-refractivity contribution in [3.63, 3.8) is 0 Å². The number of benzene rings is 1. The SMILES string of the molecule is CCC(CC)(CN)Cc1cccc(C)c1. The van der Waals surface area contributed by atoms with E-state index in [0.717, 1.165) is 25.8 Å². The van der Waals surface area contributed by atoms with Crippen LogP contribution in [0.1, 0.15) is 37.8 Å². The molecule has 0 aliphatic rings. The van der Waals surface area contributed by atoms with E-state index in [1.165, 1.54) is 11.1 Å². The van der Waals surface area contributed by atoms with Gasteiger partial charge in [-0.3, -0.25) is 0 Å². The highest BCUT2D eigenvalue weighted by molar-refractivity contribution is 5.23. The summed E-state index contributed by atoms with van der Waals surface area (Å²) in [5.41, 5.74) is 8.97. The van der Waals surface area contributed by atoms with Crippen LogP contribution in [0.15, 0.2) is 24.3 Å². The molecule has 0 amide bonds. The maximum atomic E-state index is 5.91. The maximum absolute atomic E-state index is 5.91. The van der Waals surface area contributed by atoms with Crippen molar-refractivity contribution in [3.8, 4) is 0 Å². The van der Waals surface area contributed by atoms with Gasteiger partial charge in [0.2, 0.25) is 0 Å². The summed E-state index contributed by atoms with van der Waals surface area (Å²) >= 11 is 0. The van der Waals surface area contributed by atoms with Crippen LogP contribution in [0, 0.1) is 12.3 Å². The van der Waals surface area contributed by atoms with Gasteiger partial charge in [-0.05, 0) is 43.7 Å². The second kappa shape index (κ2) is 5.32. The molecular weight excluding hydrogens is 182 g/mol. The molecule has 0 atom stereocenters. The van der Waals surface area contributed by atoms with Crippen molar-refractivity contribution in [2.45, 2.75) is 40.0 Å². The van der Waals surface area contributed by atoms with E-state index in [-0.39, 0.29) is 0 Å². The second-order valence-corrected chi connectivity index (χ2v) is 4.58. The third kappa shape index (κ3) is 3.07. The van der Waals surface area contributed by atoms with Crippen LogP contribution < -0.4 is 5.73 Å². The van der Waals surface area contributed by atoms with Crippen molar-refractivity contribution in [1.29, 1.82) is 0 Å². The van der Waals surface area contributed by atoms with Crippen LogP contribution in [-0.2, 0) is 6.42 Å². The van der Waals surface area contributed by atoms with Crippen LogP contribution in [0.3, 0.4) is 0 Å². The number of aryl methyl sites for hydroxylation is 1. The molecule has 84 valence electrons. The van der Waals surface area contributed by atoms with E-state index in [0.29, 0.717) is 5.41 Å². The first-order valence-corrected chi connectivity index (χ1v) is 5.91. The lowest BCUT2D eigenvalue weighted by atomic mass is 9.77.